The monoisotopic (exact) mass is 311 g/mol. The molecular formula is C14H15BrClN. The minimum Gasteiger partial charge on any atom is -0.256 e. The van der Waals surface area contributed by atoms with Gasteiger partial charge in [-0.15, -0.1) is 0 Å². The van der Waals surface area contributed by atoms with E-state index in [1.807, 2.05) is 18.3 Å². The molecule has 1 heterocycles. The highest BCUT2D eigenvalue weighted by Crippen LogP contribution is 2.32. The predicted octanol–water partition coefficient (Wildman–Crippen LogP) is 5.17. The van der Waals surface area contributed by atoms with Crippen LogP contribution in [0.25, 0.3) is 10.9 Å². The van der Waals surface area contributed by atoms with Gasteiger partial charge < -0.3 is 0 Å². The number of pyridine rings is 1. The number of benzene rings is 1. The molecule has 2 rings (SSSR count). The van der Waals surface area contributed by atoms with Gasteiger partial charge in [-0.3, -0.25) is 4.98 Å². The van der Waals surface area contributed by atoms with Crippen LogP contribution >= 0.6 is 27.5 Å². The maximum Gasteiger partial charge on any atom is 0.0719 e. The number of rotatable bonds is 3. The number of fused-ring (bicyclic) bond motifs is 1. The number of halogens is 2. The summed E-state index contributed by atoms with van der Waals surface area (Å²) < 4.78 is 0. The van der Waals surface area contributed by atoms with E-state index in [-0.39, 0.29) is 0 Å². The summed E-state index contributed by atoms with van der Waals surface area (Å²) in [5.74, 6) is 0.465. The average Bonchev–Trinajstić information content (AvgIpc) is 2.35. The van der Waals surface area contributed by atoms with Crippen LogP contribution in [0.3, 0.4) is 0 Å². The van der Waals surface area contributed by atoms with Gasteiger partial charge in [-0.05, 0) is 36.1 Å². The van der Waals surface area contributed by atoms with E-state index in [2.05, 4.69) is 46.9 Å². The molecule has 1 aromatic carbocycles. The summed E-state index contributed by atoms with van der Waals surface area (Å²) in [4.78, 5) is 4.86. The van der Waals surface area contributed by atoms with Gasteiger partial charge in [0.05, 0.1) is 5.52 Å². The lowest BCUT2D eigenvalue weighted by atomic mass is 9.93. The third kappa shape index (κ3) is 2.63. The van der Waals surface area contributed by atoms with Gasteiger partial charge in [0.15, 0.2) is 0 Å². The maximum absolute atomic E-state index is 5.99. The van der Waals surface area contributed by atoms with Gasteiger partial charge in [0.25, 0.3) is 0 Å². The zero-order valence-corrected chi connectivity index (χ0v) is 12.3. The number of alkyl halides is 1. The number of hydrogen-bond donors (Lipinski definition) is 0. The summed E-state index contributed by atoms with van der Waals surface area (Å²) in [5, 5.41) is 1.93. The van der Waals surface area contributed by atoms with E-state index in [4.69, 9.17) is 11.6 Å². The smallest absolute Gasteiger partial charge is 0.0719 e. The fourth-order valence-electron chi connectivity index (χ4n) is 2.09. The minimum atomic E-state index is 0.465. The van der Waals surface area contributed by atoms with Crippen molar-refractivity contribution in [3.63, 3.8) is 0 Å². The second-order valence-electron chi connectivity index (χ2n) is 4.27. The molecular weight excluding hydrogens is 298 g/mol. The molecule has 0 spiro atoms. The first-order valence-corrected chi connectivity index (χ1v) is 7.11. The quantitative estimate of drug-likeness (QED) is 0.713. The van der Waals surface area contributed by atoms with E-state index in [1.165, 1.54) is 10.9 Å². The molecule has 0 saturated heterocycles. The van der Waals surface area contributed by atoms with Crippen molar-refractivity contribution in [1.29, 1.82) is 0 Å². The fraction of sp³-hybridized carbons (Fsp3) is 0.357. The fourth-order valence-corrected chi connectivity index (χ4v) is 2.54. The molecule has 1 aromatic heterocycles. The summed E-state index contributed by atoms with van der Waals surface area (Å²) in [6, 6.07) is 8.01. The molecule has 1 nitrogen and oxygen atoms in total. The minimum absolute atomic E-state index is 0.465. The molecule has 0 N–H and O–H groups in total. The van der Waals surface area contributed by atoms with E-state index in [1.54, 1.807) is 0 Å². The first-order chi connectivity index (χ1) is 8.13. The van der Waals surface area contributed by atoms with Crippen molar-refractivity contribution in [1.82, 2.24) is 4.98 Å². The van der Waals surface area contributed by atoms with Crippen molar-refractivity contribution in [2.45, 2.75) is 31.0 Å². The zero-order valence-electron chi connectivity index (χ0n) is 9.95. The molecule has 0 aliphatic heterocycles. The molecule has 0 bridgehead atoms. The molecule has 0 amide bonds. The summed E-state index contributed by atoms with van der Waals surface area (Å²) in [5.41, 5.74) is 2.30. The van der Waals surface area contributed by atoms with Crippen molar-refractivity contribution in [2.75, 3.05) is 0 Å². The molecule has 0 radical (unpaired) electrons. The van der Waals surface area contributed by atoms with Crippen LogP contribution in [0, 0.1) is 0 Å². The predicted molar refractivity (Wildman–Crippen MR) is 78.2 cm³/mol. The van der Waals surface area contributed by atoms with Gasteiger partial charge in [0, 0.05) is 21.4 Å². The lowest BCUT2D eigenvalue weighted by Crippen LogP contribution is -2.08. The number of aromatic nitrogens is 1. The highest BCUT2D eigenvalue weighted by Gasteiger charge is 2.16. The second kappa shape index (κ2) is 5.36. The molecule has 0 aliphatic carbocycles. The van der Waals surface area contributed by atoms with Crippen molar-refractivity contribution in [3.05, 3.63) is 41.0 Å². The van der Waals surface area contributed by atoms with E-state index in [0.29, 0.717) is 10.7 Å². The van der Waals surface area contributed by atoms with Gasteiger partial charge in [-0.2, -0.15) is 0 Å². The first-order valence-electron chi connectivity index (χ1n) is 5.81. The summed E-state index contributed by atoms with van der Waals surface area (Å²) in [6.07, 6.45) is 2.97. The Morgan fingerprint density at radius 3 is 2.82 bits per heavy atom. The Labute approximate surface area is 115 Å². The molecule has 0 aliphatic rings. The van der Waals surface area contributed by atoms with Crippen molar-refractivity contribution in [2.24, 2.45) is 0 Å². The summed E-state index contributed by atoms with van der Waals surface area (Å²) >= 11 is 9.72. The lowest BCUT2D eigenvalue weighted by molar-refractivity contribution is 0.698. The third-order valence-electron chi connectivity index (χ3n) is 3.16. The van der Waals surface area contributed by atoms with E-state index < -0.39 is 0 Å². The Morgan fingerprint density at radius 2 is 2.12 bits per heavy atom. The SMILES string of the molecule is CCC(Br)C(C)c1ccnc2cc(Cl)ccc12. The average molecular weight is 313 g/mol. The summed E-state index contributed by atoms with van der Waals surface area (Å²) in [7, 11) is 0. The molecule has 2 unspecified atom stereocenters. The number of nitrogens with zero attached hydrogens (tertiary/aromatic N) is 1. The van der Waals surface area contributed by atoms with E-state index in [0.717, 1.165) is 17.0 Å². The normalized spacial score (nSPS) is 14.8. The topological polar surface area (TPSA) is 12.9 Å². The van der Waals surface area contributed by atoms with Gasteiger partial charge >= 0.3 is 0 Å². The van der Waals surface area contributed by atoms with Crippen molar-refractivity contribution < 1.29 is 0 Å². The Morgan fingerprint density at radius 1 is 1.35 bits per heavy atom. The van der Waals surface area contributed by atoms with Crippen LogP contribution in [0.2, 0.25) is 5.02 Å². The highest BCUT2D eigenvalue weighted by molar-refractivity contribution is 9.09. The highest BCUT2D eigenvalue weighted by atomic mass is 79.9. The Bertz CT molecular complexity index is 527. The second-order valence-corrected chi connectivity index (χ2v) is 5.89. The Hall–Kier alpha value is -0.600. The molecule has 2 aromatic rings. The molecule has 90 valence electrons. The lowest BCUT2D eigenvalue weighted by Gasteiger charge is -2.18. The summed E-state index contributed by atoms with van der Waals surface area (Å²) in [6.45, 7) is 4.43. The third-order valence-corrected chi connectivity index (χ3v) is 4.84. The van der Waals surface area contributed by atoms with Crippen molar-refractivity contribution >= 4 is 38.4 Å². The number of hydrogen-bond acceptors (Lipinski definition) is 1. The zero-order chi connectivity index (χ0) is 12.4. The van der Waals surface area contributed by atoms with Gasteiger partial charge in [-0.25, -0.2) is 0 Å². The van der Waals surface area contributed by atoms with E-state index >= 15 is 0 Å². The molecule has 0 saturated carbocycles. The first kappa shape index (κ1) is 12.8. The maximum atomic E-state index is 5.99. The van der Waals surface area contributed by atoms with Crippen molar-refractivity contribution in [3.8, 4) is 0 Å². The van der Waals surface area contributed by atoms with Crippen LogP contribution in [-0.2, 0) is 0 Å². The largest absolute Gasteiger partial charge is 0.256 e. The molecule has 0 fully saturated rings. The standard InChI is InChI=1S/C14H15BrClN/c1-3-13(15)9(2)11-6-7-17-14-8-10(16)4-5-12(11)14/h4-9,13H,3H2,1-2H3. The van der Waals surface area contributed by atoms with Crippen LogP contribution in [0.15, 0.2) is 30.5 Å². The van der Waals surface area contributed by atoms with E-state index in [9.17, 15) is 0 Å². The van der Waals surface area contributed by atoms with Crippen LogP contribution < -0.4 is 0 Å². The van der Waals surface area contributed by atoms with Crippen LogP contribution in [-0.4, -0.2) is 9.81 Å². The molecule has 17 heavy (non-hydrogen) atoms. The molecule has 3 heteroatoms. The molecule has 2 atom stereocenters. The Balaban J connectivity index is 2.54. The van der Waals surface area contributed by atoms with Crippen LogP contribution in [0.5, 0.6) is 0 Å². The van der Waals surface area contributed by atoms with Gasteiger partial charge in [0.1, 0.15) is 0 Å². The van der Waals surface area contributed by atoms with Crippen LogP contribution in [0.1, 0.15) is 31.7 Å². The van der Waals surface area contributed by atoms with Crippen LogP contribution in [0.4, 0.5) is 0 Å². The van der Waals surface area contributed by atoms with Gasteiger partial charge in [-0.1, -0.05) is 47.4 Å². The van der Waals surface area contributed by atoms with Gasteiger partial charge in [0.2, 0.25) is 0 Å². The Kier molecular flexibility index (Phi) is 4.05.